The Hall–Kier alpha value is -1.27. The summed E-state index contributed by atoms with van der Waals surface area (Å²) in [5.41, 5.74) is 7.36. The molecule has 1 unspecified atom stereocenters. The Morgan fingerprint density at radius 3 is 2.50 bits per heavy atom. The summed E-state index contributed by atoms with van der Waals surface area (Å²) >= 11 is 0. The molecule has 0 amide bonds. The van der Waals surface area contributed by atoms with Gasteiger partial charge in [-0.05, 0) is 31.5 Å². The van der Waals surface area contributed by atoms with E-state index in [0.29, 0.717) is 24.9 Å². The van der Waals surface area contributed by atoms with E-state index in [1.54, 1.807) is 19.2 Å². The average Bonchev–Trinajstić information content (AvgIpc) is 2.39. The third kappa shape index (κ3) is 4.11. The second kappa shape index (κ2) is 6.95. The Morgan fingerprint density at radius 2 is 2.05 bits per heavy atom. The molecule has 1 aromatic rings. The average molecular weight is 300 g/mol. The Labute approximate surface area is 121 Å². The highest BCUT2D eigenvalue weighted by Crippen LogP contribution is 2.28. The normalized spacial score (nSPS) is 13.2. The molecular weight excluding hydrogens is 276 g/mol. The van der Waals surface area contributed by atoms with Gasteiger partial charge in [-0.2, -0.15) is 0 Å². The molecule has 1 rings (SSSR count). The fourth-order valence-corrected chi connectivity index (χ4v) is 2.67. The predicted molar refractivity (Wildman–Crippen MR) is 82.9 cm³/mol. The molecule has 0 radical (unpaired) electrons. The van der Waals surface area contributed by atoms with Crippen LogP contribution in [0.2, 0.25) is 0 Å². The zero-order valence-corrected chi connectivity index (χ0v) is 13.4. The molecule has 1 aromatic carbocycles. The smallest absolute Gasteiger partial charge is 0.175 e. The van der Waals surface area contributed by atoms with Crippen molar-refractivity contribution in [1.82, 2.24) is 0 Å². The van der Waals surface area contributed by atoms with E-state index in [1.165, 1.54) is 12.3 Å². The molecule has 6 heteroatoms. The van der Waals surface area contributed by atoms with E-state index in [4.69, 9.17) is 10.5 Å². The lowest BCUT2D eigenvalue weighted by Gasteiger charge is -2.31. The summed E-state index contributed by atoms with van der Waals surface area (Å²) in [6.45, 7) is 5.52. The van der Waals surface area contributed by atoms with Gasteiger partial charge in [-0.3, -0.25) is 0 Å². The standard InChI is InChI=1S/C14H24N2O3S/c1-5-11(2)16(8-9-19-3)14-7-6-12(10-13(14)15)20(4,17)18/h6-7,10-11H,5,8-9,15H2,1-4H3. The minimum atomic E-state index is -3.23. The number of rotatable bonds is 7. The lowest BCUT2D eigenvalue weighted by atomic mass is 10.1. The first kappa shape index (κ1) is 16.8. The van der Waals surface area contributed by atoms with Crippen LogP contribution in [0.1, 0.15) is 20.3 Å². The summed E-state index contributed by atoms with van der Waals surface area (Å²) in [6.07, 6.45) is 2.15. The monoisotopic (exact) mass is 300 g/mol. The van der Waals surface area contributed by atoms with Gasteiger partial charge in [-0.15, -0.1) is 0 Å². The van der Waals surface area contributed by atoms with Crippen LogP contribution in [0.5, 0.6) is 0 Å². The van der Waals surface area contributed by atoms with Crippen LogP contribution in [-0.4, -0.2) is 41.0 Å². The van der Waals surface area contributed by atoms with E-state index in [-0.39, 0.29) is 4.90 Å². The Bertz CT molecular complexity index is 543. The molecule has 2 N–H and O–H groups in total. The van der Waals surface area contributed by atoms with Crippen molar-refractivity contribution in [1.29, 1.82) is 0 Å². The topological polar surface area (TPSA) is 72.6 Å². The first-order valence-corrected chi connectivity index (χ1v) is 8.55. The van der Waals surface area contributed by atoms with Gasteiger partial charge in [0.2, 0.25) is 0 Å². The van der Waals surface area contributed by atoms with Crippen LogP contribution in [0.3, 0.4) is 0 Å². The summed E-state index contributed by atoms with van der Waals surface area (Å²) in [5, 5.41) is 0. The molecule has 0 saturated heterocycles. The molecule has 5 nitrogen and oxygen atoms in total. The van der Waals surface area contributed by atoms with Gasteiger partial charge in [0.05, 0.1) is 22.9 Å². The molecule has 0 aromatic heterocycles. The van der Waals surface area contributed by atoms with E-state index in [1.807, 2.05) is 0 Å². The van der Waals surface area contributed by atoms with Gasteiger partial charge in [0.1, 0.15) is 0 Å². The molecule has 0 aliphatic carbocycles. The first-order chi connectivity index (χ1) is 9.31. The summed E-state index contributed by atoms with van der Waals surface area (Å²) in [4.78, 5) is 2.39. The second-order valence-electron chi connectivity index (χ2n) is 4.94. The molecule has 114 valence electrons. The Morgan fingerprint density at radius 1 is 1.40 bits per heavy atom. The zero-order valence-electron chi connectivity index (χ0n) is 12.6. The van der Waals surface area contributed by atoms with Crippen LogP contribution in [0.4, 0.5) is 11.4 Å². The largest absolute Gasteiger partial charge is 0.397 e. The molecule has 0 aliphatic rings. The number of methoxy groups -OCH3 is 1. The van der Waals surface area contributed by atoms with Crippen molar-refractivity contribution in [2.75, 3.05) is 37.2 Å². The van der Waals surface area contributed by atoms with Gasteiger partial charge in [0, 0.05) is 26.0 Å². The quantitative estimate of drug-likeness (QED) is 0.779. The Kier molecular flexibility index (Phi) is 5.83. The van der Waals surface area contributed by atoms with E-state index in [0.717, 1.165) is 12.1 Å². The van der Waals surface area contributed by atoms with Gasteiger partial charge >= 0.3 is 0 Å². The fraction of sp³-hybridized carbons (Fsp3) is 0.571. The maximum Gasteiger partial charge on any atom is 0.175 e. The van der Waals surface area contributed by atoms with Crippen molar-refractivity contribution in [3.63, 3.8) is 0 Å². The molecule has 0 saturated carbocycles. The number of nitrogens with two attached hydrogens (primary N) is 1. The van der Waals surface area contributed by atoms with Crippen molar-refractivity contribution < 1.29 is 13.2 Å². The number of sulfone groups is 1. The summed E-state index contributed by atoms with van der Waals surface area (Å²) in [5.74, 6) is 0. The number of hydrogen-bond donors (Lipinski definition) is 1. The van der Waals surface area contributed by atoms with E-state index < -0.39 is 9.84 Å². The summed E-state index contributed by atoms with van der Waals surface area (Å²) < 4.78 is 28.2. The van der Waals surface area contributed by atoms with E-state index in [2.05, 4.69) is 18.7 Å². The van der Waals surface area contributed by atoms with Crippen molar-refractivity contribution in [2.45, 2.75) is 31.2 Å². The number of nitrogens with zero attached hydrogens (tertiary/aromatic N) is 1. The summed E-state index contributed by atoms with van der Waals surface area (Å²) in [6, 6.07) is 5.19. The van der Waals surface area contributed by atoms with Crippen LogP contribution < -0.4 is 10.6 Å². The molecule has 1 atom stereocenters. The van der Waals surface area contributed by atoms with Crippen LogP contribution in [0, 0.1) is 0 Å². The highest BCUT2D eigenvalue weighted by atomic mass is 32.2. The molecule has 0 fully saturated rings. The van der Waals surface area contributed by atoms with E-state index in [9.17, 15) is 8.42 Å². The first-order valence-electron chi connectivity index (χ1n) is 6.66. The third-order valence-corrected chi connectivity index (χ3v) is 4.51. The van der Waals surface area contributed by atoms with Crippen LogP contribution in [-0.2, 0) is 14.6 Å². The van der Waals surface area contributed by atoms with Crippen LogP contribution in [0.25, 0.3) is 0 Å². The number of benzene rings is 1. The van der Waals surface area contributed by atoms with Gasteiger partial charge in [-0.1, -0.05) is 6.92 Å². The van der Waals surface area contributed by atoms with Crippen molar-refractivity contribution >= 4 is 21.2 Å². The number of anilines is 2. The molecule has 20 heavy (non-hydrogen) atoms. The number of ether oxygens (including phenoxy) is 1. The third-order valence-electron chi connectivity index (χ3n) is 3.40. The van der Waals surface area contributed by atoms with E-state index >= 15 is 0 Å². The van der Waals surface area contributed by atoms with Crippen molar-refractivity contribution in [2.24, 2.45) is 0 Å². The van der Waals surface area contributed by atoms with Crippen molar-refractivity contribution in [3.05, 3.63) is 18.2 Å². The van der Waals surface area contributed by atoms with Gasteiger partial charge in [0.15, 0.2) is 9.84 Å². The lowest BCUT2D eigenvalue weighted by molar-refractivity contribution is 0.203. The molecular formula is C14H24N2O3S. The van der Waals surface area contributed by atoms with Gasteiger partial charge in [-0.25, -0.2) is 8.42 Å². The van der Waals surface area contributed by atoms with Crippen LogP contribution in [0.15, 0.2) is 23.1 Å². The Balaban J connectivity index is 3.14. The summed E-state index contributed by atoms with van der Waals surface area (Å²) in [7, 11) is -1.58. The van der Waals surface area contributed by atoms with Gasteiger partial charge in [0.25, 0.3) is 0 Å². The molecule has 0 heterocycles. The van der Waals surface area contributed by atoms with Crippen molar-refractivity contribution in [3.8, 4) is 0 Å². The fourth-order valence-electron chi connectivity index (χ4n) is 2.01. The minimum absolute atomic E-state index is 0.245. The maximum absolute atomic E-state index is 11.5. The SMILES string of the molecule is CCC(C)N(CCOC)c1ccc(S(C)(=O)=O)cc1N. The molecule has 0 aliphatic heterocycles. The highest BCUT2D eigenvalue weighted by Gasteiger charge is 2.17. The predicted octanol–water partition coefficient (Wildman–Crippen LogP) is 1.92. The lowest BCUT2D eigenvalue weighted by Crippen LogP contribution is -2.36. The maximum atomic E-state index is 11.5. The second-order valence-corrected chi connectivity index (χ2v) is 6.95. The molecule has 0 spiro atoms. The molecule has 0 bridgehead atoms. The zero-order chi connectivity index (χ0) is 15.3. The number of nitrogen functional groups attached to an aromatic ring is 1. The van der Waals surface area contributed by atoms with Crippen LogP contribution >= 0.6 is 0 Å². The van der Waals surface area contributed by atoms with Gasteiger partial charge < -0.3 is 15.4 Å². The number of hydrogen-bond acceptors (Lipinski definition) is 5. The minimum Gasteiger partial charge on any atom is -0.397 e. The highest BCUT2D eigenvalue weighted by molar-refractivity contribution is 7.90.